The highest BCUT2D eigenvalue weighted by Gasteiger charge is 2.19. The highest BCUT2D eigenvalue weighted by atomic mass is 32.1. The molecule has 1 N–H and O–H groups in total. The fourth-order valence-corrected chi connectivity index (χ4v) is 2.89. The molecule has 2 aromatic heterocycles. The van der Waals surface area contributed by atoms with Gasteiger partial charge in [0.15, 0.2) is 0 Å². The fraction of sp³-hybridized carbons (Fsp3) is 0.538. The van der Waals surface area contributed by atoms with Gasteiger partial charge in [-0.25, -0.2) is 9.67 Å². The molecule has 2 rings (SSSR count). The van der Waals surface area contributed by atoms with E-state index in [1.54, 1.807) is 0 Å². The van der Waals surface area contributed by atoms with Gasteiger partial charge < -0.3 is 5.11 Å². The summed E-state index contributed by atoms with van der Waals surface area (Å²) in [6, 6.07) is 0. The van der Waals surface area contributed by atoms with Crippen LogP contribution in [0.4, 0.5) is 0 Å². The van der Waals surface area contributed by atoms with Crippen LogP contribution in [0.25, 0.3) is 10.2 Å². The summed E-state index contributed by atoms with van der Waals surface area (Å²) in [6.45, 7) is 7.49. The van der Waals surface area contributed by atoms with Crippen LogP contribution in [0.15, 0.2) is 4.79 Å². The number of rotatable bonds is 4. The number of hydrogen-bond acceptors (Lipinski definition) is 5. The van der Waals surface area contributed by atoms with E-state index < -0.39 is 12.5 Å². The van der Waals surface area contributed by atoms with E-state index in [2.05, 4.69) is 10.1 Å². The van der Waals surface area contributed by atoms with Gasteiger partial charge in [-0.05, 0) is 5.92 Å². The standard InChI is InChI=1S/C13H17N3O3S/c1-6(2)9-10-11(20-12(14-10)7(3)4)13(19)16(15-9)5-8(17)18/h6-7H,5H2,1-4H3,(H,17,18). The van der Waals surface area contributed by atoms with Crippen LogP contribution < -0.4 is 5.56 Å². The molecule has 0 aromatic carbocycles. The molecule has 0 aliphatic heterocycles. The number of thiazole rings is 1. The second-order valence-electron chi connectivity index (χ2n) is 5.28. The van der Waals surface area contributed by atoms with Gasteiger partial charge in [-0.15, -0.1) is 11.3 Å². The summed E-state index contributed by atoms with van der Waals surface area (Å²) in [5.74, 6) is -0.790. The van der Waals surface area contributed by atoms with Crippen LogP contribution in [0.2, 0.25) is 0 Å². The van der Waals surface area contributed by atoms with Gasteiger partial charge in [0.05, 0.1) is 10.7 Å². The molecule has 20 heavy (non-hydrogen) atoms. The molecule has 0 spiro atoms. The third-order valence-corrected chi connectivity index (χ3v) is 4.21. The number of aliphatic carboxylic acids is 1. The third kappa shape index (κ3) is 2.58. The first-order chi connectivity index (χ1) is 9.31. The van der Waals surface area contributed by atoms with Crippen molar-refractivity contribution in [3.05, 3.63) is 21.1 Å². The van der Waals surface area contributed by atoms with Gasteiger partial charge in [0.2, 0.25) is 0 Å². The molecule has 0 aliphatic carbocycles. The monoisotopic (exact) mass is 295 g/mol. The smallest absolute Gasteiger partial charge is 0.325 e. The highest BCUT2D eigenvalue weighted by molar-refractivity contribution is 7.18. The number of carbonyl (C=O) groups is 1. The van der Waals surface area contributed by atoms with Gasteiger partial charge in [-0.3, -0.25) is 9.59 Å². The van der Waals surface area contributed by atoms with E-state index >= 15 is 0 Å². The van der Waals surface area contributed by atoms with E-state index in [-0.39, 0.29) is 17.4 Å². The Hall–Kier alpha value is -1.76. The summed E-state index contributed by atoms with van der Waals surface area (Å²) in [7, 11) is 0. The SMILES string of the molecule is CC(C)c1nc2c(C(C)C)nn(CC(=O)O)c(=O)c2s1. The van der Waals surface area contributed by atoms with Gasteiger partial charge in [0, 0.05) is 5.92 Å². The summed E-state index contributed by atoms with van der Waals surface area (Å²) in [5, 5.41) is 13.9. The predicted molar refractivity (Wildman–Crippen MR) is 77.5 cm³/mol. The molecule has 0 aliphatic rings. The molecule has 6 nitrogen and oxygen atoms in total. The minimum atomic E-state index is -1.08. The Bertz CT molecular complexity index is 715. The Kier molecular flexibility index (Phi) is 3.89. The summed E-state index contributed by atoms with van der Waals surface area (Å²) >= 11 is 1.33. The molecule has 0 bridgehead atoms. The van der Waals surface area contributed by atoms with Gasteiger partial charge in [0.25, 0.3) is 5.56 Å². The Morgan fingerprint density at radius 2 is 1.95 bits per heavy atom. The minimum absolute atomic E-state index is 0.0697. The predicted octanol–water partition coefficient (Wildman–Crippen LogP) is 2.18. The van der Waals surface area contributed by atoms with Crippen molar-refractivity contribution < 1.29 is 9.90 Å². The van der Waals surface area contributed by atoms with Crippen LogP contribution in [-0.2, 0) is 11.3 Å². The first kappa shape index (κ1) is 14.6. The van der Waals surface area contributed by atoms with Crippen molar-refractivity contribution in [2.45, 2.75) is 46.1 Å². The minimum Gasteiger partial charge on any atom is -0.480 e. The number of carboxylic acids is 1. The average Bonchev–Trinajstić information content (AvgIpc) is 2.77. The van der Waals surface area contributed by atoms with E-state index in [9.17, 15) is 9.59 Å². The van der Waals surface area contributed by atoms with E-state index in [1.807, 2.05) is 27.7 Å². The number of nitrogens with zero attached hydrogens (tertiary/aromatic N) is 3. The lowest BCUT2D eigenvalue weighted by atomic mass is 10.1. The molecule has 2 heterocycles. The maximum Gasteiger partial charge on any atom is 0.325 e. The number of fused-ring (bicyclic) bond motifs is 1. The Labute approximate surface area is 120 Å². The lowest BCUT2D eigenvalue weighted by molar-refractivity contribution is -0.138. The number of hydrogen-bond donors (Lipinski definition) is 1. The molecule has 2 aromatic rings. The van der Waals surface area contributed by atoms with Gasteiger partial charge in [0.1, 0.15) is 16.8 Å². The number of carboxylic acid groups (broad SMARTS) is 1. The molecule has 0 atom stereocenters. The molecule has 0 unspecified atom stereocenters. The average molecular weight is 295 g/mol. The first-order valence-electron chi connectivity index (χ1n) is 6.44. The molecule has 7 heteroatoms. The Morgan fingerprint density at radius 1 is 1.30 bits per heavy atom. The van der Waals surface area contributed by atoms with Crippen molar-refractivity contribution in [1.29, 1.82) is 0 Å². The van der Waals surface area contributed by atoms with E-state index in [1.165, 1.54) is 11.3 Å². The van der Waals surface area contributed by atoms with Crippen molar-refractivity contribution in [3.8, 4) is 0 Å². The summed E-state index contributed by atoms with van der Waals surface area (Å²) in [6.07, 6.45) is 0. The molecule has 0 amide bonds. The summed E-state index contributed by atoms with van der Waals surface area (Å²) in [4.78, 5) is 27.6. The lowest BCUT2D eigenvalue weighted by Crippen LogP contribution is -2.27. The van der Waals surface area contributed by atoms with Crippen molar-refractivity contribution in [2.75, 3.05) is 0 Å². The first-order valence-corrected chi connectivity index (χ1v) is 7.26. The normalized spacial score (nSPS) is 11.7. The zero-order chi connectivity index (χ0) is 15.0. The second kappa shape index (κ2) is 5.32. The van der Waals surface area contributed by atoms with Crippen molar-refractivity contribution >= 4 is 27.5 Å². The summed E-state index contributed by atoms with van der Waals surface area (Å²) in [5.41, 5.74) is 0.903. The summed E-state index contributed by atoms with van der Waals surface area (Å²) < 4.78 is 1.51. The molecule has 0 fully saturated rings. The van der Waals surface area contributed by atoms with Crippen LogP contribution in [0, 0.1) is 0 Å². The second-order valence-corrected chi connectivity index (χ2v) is 6.31. The van der Waals surface area contributed by atoms with Crippen molar-refractivity contribution in [1.82, 2.24) is 14.8 Å². The third-order valence-electron chi connectivity index (χ3n) is 2.87. The topological polar surface area (TPSA) is 85.1 Å². The highest BCUT2D eigenvalue weighted by Crippen LogP contribution is 2.28. The fourth-order valence-electron chi connectivity index (χ4n) is 1.87. The maximum atomic E-state index is 12.3. The Morgan fingerprint density at radius 3 is 2.45 bits per heavy atom. The molecule has 0 saturated carbocycles. The molecule has 108 valence electrons. The van der Waals surface area contributed by atoms with E-state index in [4.69, 9.17) is 5.11 Å². The number of aromatic nitrogens is 3. The van der Waals surface area contributed by atoms with Crippen molar-refractivity contribution in [3.63, 3.8) is 0 Å². The van der Waals surface area contributed by atoms with Gasteiger partial charge >= 0.3 is 5.97 Å². The van der Waals surface area contributed by atoms with Crippen LogP contribution in [0.1, 0.15) is 50.2 Å². The molecular formula is C13H17N3O3S. The van der Waals surface area contributed by atoms with Crippen LogP contribution >= 0.6 is 11.3 Å². The molecule has 0 saturated heterocycles. The van der Waals surface area contributed by atoms with Crippen LogP contribution in [-0.4, -0.2) is 25.8 Å². The zero-order valence-electron chi connectivity index (χ0n) is 11.9. The van der Waals surface area contributed by atoms with Crippen LogP contribution in [0.5, 0.6) is 0 Å². The lowest BCUT2D eigenvalue weighted by Gasteiger charge is -2.08. The van der Waals surface area contributed by atoms with Gasteiger partial charge in [-0.1, -0.05) is 27.7 Å². The van der Waals surface area contributed by atoms with E-state index in [0.717, 1.165) is 9.69 Å². The zero-order valence-corrected chi connectivity index (χ0v) is 12.7. The van der Waals surface area contributed by atoms with Gasteiger partial charge in [-0.2, -0.15) is 5.10 Å². The maximum absolute atomic E-state index is 12.3. The van der Waals surface area contributed by atoms with E-state index in [0.29, 0.717) is 15.9 Å². The van der Waals surface area contributed by atoms with Crippen molar-refractivity contribution in [2.24, 2.45) is 0 Å². The molecular weight excluding hydrogens is 278 g/mol. The quantitative estimate of drug-likeness (QED) is 0.934. The Balaban J connectivity index is 2.77. The largest absolute Gasteiger partial charge is 0.480 e. The molecule has 0 radical (unpaired) electrons. The van der Waals surface area contributed by atoms with Crippen LogP contribution in [0.3, 0.4) is 0 Å².